The molecule has 0 aromatic carbocycles. The summed E-state index contributed by atoms with van der Waals surface area (Å²) in [6, 6.07) is 2.27. The number of rotatable bonds is 8. The summed E-state index contributed by atoms with van der Waals surface area (Å²) in [7, 11) is -3.55. The Hall–Kier alpha value is -1.22. The Labute approximate surface area is 129 Å². The van der Waals surface area contributed by atoms with E-state index in [9.17, 15) is 8.42 Å². The predicted molar refractivity (Wildman–Crippen MR) is 83.8 cm³/mol. The number of aromatic nitrogens is 2. The zero-order chi connectivity index (χ0) is 15.3. The van der Waals surface area contributed by atoms with Gasteiger partial charge in [-0.3, -0.25) is 5.10 Å². The third kappa shape index (κ3) is 4.63. The fourth-order valence-corrected chi connectivity index (χ4v) is 3.67. The number of nitrogens with zero attached hydrogens (tertiary/aromatic N) is 1. The molecule has 0 bridgehead atoms. The van der Waals surface area contributed by atoms with Crippen molar-refractivity contribution in [3.8, 4) is 0 Å². The van der Waals surface area contributed by atoms with Crippen LogP contribution in [-0.2, 0) is 23.0 Å². The Morgan fingerprint density at radius 3 is 2.90 bits per heavy atom. The second kappa shape index (κ2) is 7.17. The molecule has 0 unspecified atom stereocenters. The van der Waals surface area contributed by atoms with Crippen LogP contribution < -0.4 is 10.0 Å². The maximum Gasteiger partial charge on any atom is 0.257 e. The summed E-state index contributed by atoms with van der Waals surface area (Å²) in [6.45, 7) is 4.85. The van der Waals surface area contributed by atoms with Gasteiger partial charge in [-0.1, -0.05) is 13.8 Å². The molecule has 2 aromatic heterocycles. The highest BCUT2D eigenvalue weighted by Gasteiger charge is 2.20. The van der Waals surface area contributed by atoms with Gasteiger partial charge in [-0.15, -0.1) is 0 Å². The van der Waals surface area contributed by atoms with Crippen molar-refractivity contribution >= 4 is 21.4 Å². The maximum atomic E-state index is 12.3. The molecule has 0 aliphatic carbocycles. The number of hydrogen-bond acceptors (Lipinski definition) is 5. The minimum absolute atomic E-state index is 0.140. The van der Waals surface area contributed by atoms with Crippen LogP contribution >= 0.6 is 11.3 Å². The Morgan fingerprint density at radius 2 is 2.24 bits per heavy atom. The average Bonchev–Trinajstić information content (AvgIpc) is 3.07. The molecule has 0 radical (unpaired) electrons. The van der Waals surface area contributed by atoms with Gasteiger partial charge in [0, 0.05) is 24.7 Å². The van der Waals surface area contributed by atoms with Crippen LogP contribution in [0.2, 0.25) is 0 Å². The van der Waals surface area contributed by atoms with Crippen LogP contribution in [0.1, 0.15) is 25.0 Å². The summed E-state index contributed by atoms with van der Waals surface area (Å²) in [5.74, 6) is 0. The van der Waals surface area contributed by atoms with Crippen molar-refractivity contribution in [1.29, 1.82) is 0 Å². The fraction of sp³-hybridized carbons (Fsp3) is 0.462. The molecule has 21 heavy (non-hydrogen) atoms. The Bertz CT molecular complexity index is 648. The summed E-state index contributed by atoms with van der Waals surface area (Å²) in [6.07, 6.45) is 2.22. The molecule has 3 N–H and O–H groups in total. The summed E-state index contributed by atoms with van der Waals surface area (Å²) in [5, 5.41) is 13.7. The second-order valence-corrected chi connectivity index (χ2v) is 7.52. The summed E-state index contributed by atoms with van der Waals surface area (Å²) >= 11 is 1.61. The molecule has 116 valence electrons. The first-order chi connectivity index (χ1) is 9.99. The lowest BCUT2D eigenvalue weighted by Gasteiger charge is -2.09. The van der Waals surface area contributed by atoms with Crippen molar-refractivity contribution in [3.63, 3.8) is 0 Å². The molecule has 6 nitrogen and oxygen atoms in total. The molecule has 0 aliphatic rings. The van der Waals surface area contributed by atoms with Crippen LogP contribution in [0.15, 0.2) is 28.0 Å². The number of sulfonamides is 1. The van der Waals surface area contributed by atoms with Crippen LogP contribution in [0.25, 0.3) is 0 Å². The quantitative estimate of drug-likeness (QED) is 0.685. The SMILES string of the molecule is CC(C)NCc1cn[nH]c1S(=O)(=O)NCCc1ccsc1. The first-order valence-electron chi connectivity index (χ1n) is 6.75. The number of hydrogen-bond donors (Lipinski definition) is 3. The molecule has 8 heteroatoms. The number of H-pyrrole nitrogens is 1. The highest BCUT2D eigenvalue weighted by atomic mass is 32.2. The molecule has 2 aromatic rings. The molecule has 0 atom stereocenters. The largest absolute Gasteiger partial charge is 0.310 e. The van der Waals surface area contributed by atoms with E-state index in [1.165, 1.54) is 0 Å². The van der Waals surface area contributed by atoms with E-state index in [-0.39, 0.29) is 11.1 Å². The lowest BCUT2D eigenvalue weighted by molar-refractivity contribution is 0.564. The van der Waals surface area contributed by atoms with Gasteiger partial charge in [0.15, 0.2) is 5.03 Å². The molecule has 0 saturated heterocycles. The lowest BCUT2D eigenvalue weighted by atomic mass is 10.2. The van der Waals surface area contributed by atoms with Gasteiger partial charge in [-0.05, 0) is 28.8 Å². The van der Waals surface area contributed by atoms with E-state index < -0.39 is 10.0 Å². The highest BCUT2D eigenvalue weighted by Crippen LogP contribution is 2.12. The maximum absolute atomic E-state index is 12.3. The van der Waals surface area contributed by atoms with Crippen molar-refractivity contribution in [2.24, 2.45) is 0 Å². The van der Waals surface area contributed by atoms with Gasteiger partial charge in [0.25, 0.3) is 10.0 Å². The zero-order valence-corrected chi connectivity index (χ0v) is 13.7. The van der Waals surface area contributed by atoms with Crippen LogP contribution in [0.3, 0.4) is 0 Å². The van der Waals surface area contributed by atoms with E-state index in [0.717, 1.165) is 5.56 Å². The molecule has 0 amide bonds. The zero-order valence-electron chi connectivity index (χ0n) is 12.1. The smallest absolute Gasteiger partial charge is 0.257 e. The van der Waals surface area contributed by atoms with E-state index >= 15 is 0 Å². The summed E-state index contributed by atoms with van der Waals surface area (Å²) < 4.78 is 27.2. The normalized spacial score (nSPS) is 12.1. The monoisotopic (exact) mass is 328 g/mol. The highest BCUT2D eigenvalue weighted by molar-refractivity contribution is 7.89. The van der Waals surface area contributed by atoms with Crippen molar-refractivity contribution in [3.05, 3.63) is 34.2 Å². The van der Waals surface area contributed by atoms with Crippen molar-refractivity contribution in [2.75, 3.05) is 6.54 Å². The molecule has 0 fully saturated rings. The van der Waals surface area contributed by atoms with Gasteiger partial charge in [0.05, 0.1) is 6.20 Å². The Kier molecular flexibility index (Phi) is 5.51. The standard InChI is InChI=1S/C13H20N4O2S2/c1-10(2)14-7-12-8-15-17-13(12)21(18,19)16-5-3-11-4-6-20-9-11/h4,6,8-10,14,16H,3,5,7H2,1-2H3,(H,15,17). The minimum Gasteiger partial charge on any atom is -0.310 e. The average molecular weight is 328 g/mol. The Balaban J connectivity index is 1.97. The predicted octanol–water partition coefficient (Wildman–Crippen LogP) is 1.49. The number of aromatic amines is 1. The number of nitrogens with one attached hydrogen (secondary N) is 3. The first-order valence-corrected chi connectivity index (χ1v) is 9.18. The van der Waals surface area contributed by atoms with Gasteiger partial charge < -0.3 is 5.32 Å². The minimum atomic E-state index is -3.55. The molecule has 0 aliphatic heterocycles. The van der Waals surface area contributed by atoms with Crippen LogP contribution in [-0.4, -0.2) is 31.2 Å². The third-order valence-corrected chi connectivity index (χ3v) is 5.14. The van der Waals surface area contributed by atoms with Crippen molar-refractivity contribution in [2.45, 2.75) is 37.9 Å². The number of thiophene rings is 1. The van der Waals surface area contributed by atoms with Gasteiger partial charge >= 0.3 is 0 Å². The molecular weight excluding hydrogens is 308 g/mol. The van der Waals surface area contributed by atoms with E-state index in [2.05, 4.69) is 20.2 Å². The van der Waals surface area contributed by atoms with E-state index in [1.54, 1.807) is 17.5 Å². The van der Waals surface area contributed by atoms with Gasteiger partial charge in [0.1, 0.15) is 0 Å². The Morgan fingerprint density at radius 1 is 1.43 bits per heavy atom. The van der Waals surface area contributed by atoms with Crippen molar-refractivity contribution in [1.82, 2.24) is 20.2 Å². The molecule has 2 rings (SSSR count). The first kappa shape index (κ1) is 16.2. The summed E-state index contributed by atoms with van der Waals surface area (Å²) in [5.41, 5.74) is 1.78. The van der Waals surface area contributed by atoms with E-state index in [0.29, 0.717) is 25.1 Å². The van der Waals surface area contributed by atoms with Crippen LogP contribution in [0.4, 0.5) is 0 Å². The van der Waals surface area contributed by atoms with Crippen molar-refractivity contribution < 1.29 is 8.42 Å². The van der Waals surface area contributed by atoms with Gasteiger partial charge in [-0.2, -0.15) is 16.4 Å². The molecule has 2 heterocycles. The lowest BCUT2D eigenvalue weighted by Crippen LogP contribution is -2.28. The fourth-order valence-electron chi connectivity index (χ4n) is 1.81. The molecule has 0 saturated carbocycles. The van der Waals surface area contributed by atoms with E-state index in [4.69, 9.17) is 0 Å². The van der Waals surface area contributed by atoms with Gasteiger partial charge in [-0.25, -0.2) is 13.1 Å². The molecular formula is C13H20N4O2S2. The third-order valence-electron chi connectivity index (χ3n) is 2.93. The van der Waals surface area contributed by atoms with Gasteiger partial charge in [0.2, 0.25) is 0 Å². The summed E-state index contributed by atoms with van der Waals surface area (Å²) in [4.78, 5) is 0. The second-order valence-electron chi connectivity index (χ2n) is 5.04. The topological polar surface area (TPSA) is 86.9 Å². The van der Waals surface area contributed by atoms with Crippen LogP contribution in [0.5, 0.6) is 0 Å². The van der Waals surface area contributed by atoms with Crippen LogP contribution in [0, 0.1) is 0 Å². The van der Waals surface area contributed by atoms with E-state index in [1.807, 2.05) is 30.7 Å². The molecule has 0 spiro atoms.